The van der Waals surface area contributed by atoms with Gasteiger partial charge in [0.1, 0.15) is 6.07 Å². The van der Waals surface area contributed by atoms with E-state index in [9.17, 15) is 0 Å². The van der Waals surface area contributed by atoms with Gasteiger partial charge in [0.2, 0.25) is 0 Å². The predicted molar refractivity (Wildman–Crippen MR) is 83.2 cm³/mol. The molecule has 0 fully saturated rings. The Balaban J connectivity index is 1.92. The van der Waals surface area contributed by atoms with Gasteiger partial charge in [0, 0.05) is 41.8 Å². The van der Waals surface area contributed by atoms with Crippen LogP contribution in [-0.2, 0) is 6.54 Å². The Hall–Kier alpha value is -2.03. The van der Waals surface area contributed by atoms with E-state index in [4.69, 9.17) is 10.4 Å². The van der Waals surface area contributed by atoms with Crippen LogP contribution in [0.2, 0.25) is 0 Å². The van der Waals surface area contributed by atoms with Gasteiger partial charge in [0.15, 0.2) is 0 Å². The molecular formula is C15H17N3OS. The number of likely N-dealkylation sites (N-methyl/N-ethyl adjacent to an activating group) is 1. The Morgan fingerprint density at radius 2 is 2.10 bits per heavy atom. The summed E-state index contributed by atoms with van der Waals surface area (Å²) in [6.45, 7) is 1.49. The molecule has 0 spiro atoms. The van der Waals surface area contributed by atoms with Crippen LogP contribution in [0.5, 0.6) is 0 Å². The minimum atomic E-state index is 0.149. The number of nitriles is 1. The van der Waals surface area contributed by atoms with Crippen LogP contribution in [0, 0.1) is 11.3 Å². The second-order valence-electron chi connectivity index (χ2n) is 4.46. The van der Waals surface area contributed by atoms with Gasteiger partial charge in [-0.25, -0.2) is 0 Å². The molecule has 0 aliphatic carbocycles. The highest BCUT2D eigenvalue weighted by Crippen LogP contribution is 2.19. The van der Waals surface area contributed by atoms with Crippen LogP contribution in [0.4, 0.5) is 11.4 Å². The number of benzene rings is 1. The lowest BCUT2D eigenvalue weighted by Crippen LogP contribution is -2.20. The second kappa shape index (κ2) is 6.94. The first-order chi connectivity index (χ1) is 9.72. The molecule has 0 unspecified atom stereocenters. The first-order valence-corrected chi connectivity index (χ1v) is 7.24. The number of hydrogen-bond donors (Lipinski definition) is 2. The number of hydrogen-bond acceptors (Lipinski definition) is 5. The fourth-order valence-corrected chi connectivity index (χ4v) is 2.58. The molecule has 0 atom stereocenters. The second-order valence-corrected chi connectivity index (χ2v) is 5.45. The molecule has 2 rings (SSSR count). The van der Waals surface area contributed by atoms with E-state index in [0.717, 1.165) is 22.8 Å². The van der Waals surface area contributed by atoms with Crippen LogP contribution in [0.3, 0.4) is 0 Å². The molecule has 0 aliphatic heterocycles. The van der Waals surface area contributed by atoms with Crippen molar-refractivity contribution >= 4 is 22.7 Å². The summed E-state index contributed by atoms with van der Waals surface area (Å²) in [4.78, 5) is 3.14. The van der Waals surface area contributed by atoms with Crippen molar-refractivity contribution in [2.45, 2.75) is 6.54 Å². The summed E-state index contributed by atoms with van der Waals surface area (Å²) in [5, 5.41) is 22.9. The number of aliphatic hydroxyl groups excluding tert-OH is 1. The van der Waals surface area contributed by atoms with Crippen molar-refractivity contribution in [3.8, 4) is 6.07 Å². The zero-order chi connectivity index (χ0) is 14.4. The largest absolute Gasteiger partial charge is 0.395 e. The molecule has 0 bridgehead atoms. The fourth-order valence-electron chi connectivity index (χ4n) is 1.83. The van der Waals surface area contributed by atoms with Gasteiger partial charge in [-0.15, -0.1) is 11.3 Å². The molecule has 0 aliphatic rings. The van der Waals surface area contributed by atoms with Crippen molar-refractivity contribution in [3.63, 3.8) is 0 Å². The first kappa shape index (κ1) is 14.4. The van der Waals surface area contributed by atoms with Gasteiger partial charge in [-0.05, 0) is 30.3 Å². The number of nitrogens with zero attached hydrogens (tertiary/aromatic N) is 2. The van der Waals surface area contributed by atoms with E-state index in [1.807, 2.05) is 47.7 Å². The van der Waals surface area contributed by atoms with Crippen molar-refractivity contribution in [1.82, 2.24) is 0 Å². The molecule has 1 aromatic carbocycles. The van der Waals surface area contributed by atoms with E-state index in [1.54, 1.807) is 11.3 Å². The molecule has 0 saturated heterocycles. The minimum absolute atomic E-state index is 0.149. The molecular weight excluding hydrogens is 270 g/mol. The Morgan fingerprint density at radius 3 is 2.70 bits per heavy atom. The molecule has 104 valence electrons. The normalized spacial score (nSPS) is 10.1. The van der Waals surface area contributed by atoms with E-state index in [2.05, 4.69) is 11.4 Å². The van der Waals surface area contributed by atoms with Crippen molar-refractivity contribution in [2.75, 3.05) is 30.4 Å². The van der Waals surface area contributed by atoms with E-state index in [-0.39, 0.29) is 6.61 Å². The first-order valence-electron chi connectivity index (χ1n) is 6.36. The van der Waals surface area contributed by atoms with Crippen molar-refractivity contribution in [3.05, 3.63) is 46.2 Å². The standard InChI is InChI=1S/C15H17N3OS/c1-18(6-7-19)14-4-2-13(3-5-14)17-10-15-8-12(9-16)11-20-15/h2-5,8,11,17,19H,6-7,10H2,1H3. The summed E-state index contributed by atoms with van der Waals surface area (Å²) in [6, 6.07) is 12.1. The van der Waals surface area contributed by atoms with Crippen LogP contribution < -0.4 is 10.2 Å². The molecule has 1 aromatic heterocycles. The summed E-state index contributed by atoms with van der Waals surface area (Å²) >= 11 is 1.59. The van der Waals surface area contributed by atoms with Gasteiger partial charge < -0.3 is 15.3 Å². The summed E-state index contributed by atoms with van der Waals surface area (Å²) in [7, 11) is 1.95. The molecule has 0 amide bonds. The average molecular weight is 287 g/mol. The summed E-state index contributed by atoms with van der Waals surface area (Å²) in [6.07, 6.45) is 0. The molecule has 2 N–H and O–H groups in total. The number of rotatable bonds is 6. The third-order valence-corrected chi connectivity index (χ3v) is 3.93. The van der Waals surface area contributed by atoms with Gasteiger partial charge in [0.25, 0.3) is 0 Å². The lowest BCUT2D eigenvalue weighted by atomic mass is 10.2. The van der Waals surface area contributed by atoms with Gasteiger partial charge in [-0.3, -0.25) is 0 Å². The van der Waals surface area contributed by atoms with Gasteiger partial charge in [-0.1, -0.05) is 0 Å². The monoisotopic (exact) mass is 287 g/mol. The molecule has 20 heavy (non-hydrogen) atoms. The Labute approximate surface area is 122 Å². The zero-order valence-electron chi connectivity index (χ0n) is 11.3. The minimum Gasteiger partial charge on any atom is -0.395 e. The number of anilines is 2. The summed E-state index contributed by atoms with van der Waals surface area (Å²) in [5.74, 6) is 0. The van der Waals surface area contributed by atoms with Crippen LogP contribution in [0.25, 0.3) is 0 Å². The quantitative estimate of drug-likeness (QED) is 0.857. The maximum absolute atomic E-state index is 8.91. The summed E-state index contributed by atoms with van der Waals surface area (Å²) < 4.78 is 0. The Morgan fingerprint density at radius 1 is 1.35 bits per heavy atom. The van der Waals surface area contributed by atoms with Gasteiger partial charge in [0.05, 0.1) is 12.2 Å². The maximum Gasteiger partial charge on any atom is 0.100 e. The van der Waals surface area contributed by atoms with Crippen LogP contribution in [-0.4, -0.2) is 25.3 Å². The molecule has 4 nitrogen and oxygen atoms in total. The van der Waals surface area contributed by atoms with Gasteiger partial charge in [-0.2, -0.15) is 5.26 Å². The van der Waals surface area contributed by atoms with E-state index < -0.39 is 0 Å². The molecule has 1 heterocycles. The van der Waals surface area contributed by atoms with E-state index >= 15 is 0 Å². The molecule has 5 heteroatoms. The van der Waals surface area contributed by atoms with Crippen molar-refractivity contribution in [2.24, 2.45) is 0 Å². The average Bonchev–Trinajstić information content (AvgIpc) is 2.94. The highest BCUT2D eigenvalue weighted by Gasteiger charge is 2.01. The predicted octanol–water partition coefficient (Wildman–Crippen LogP) is 2.66. The molecule has 2 aromatic rings. The molecule has 0 radical (unpaired) electrons. The van der Waals surface area contributed by atoms with E-state index in [0.29, 0.717) is 12.1 Å². The highest BCUT2D eigenvalue weighted by atomic mass is 32.1. The number of nitrogens with one attached hydrogen (secondary N) is 1. The smallest absolute Gasteiger partial charge is 0.100 e. The third kappa shape index (κ3) is 3.73. The Bertz CT molecular complexity index is 586. The highest BCUT2D eigenvalue weighted by molar-refractivity contribution is 7.10. The third-order valence-electron chi connectivity index (χ3n) is 2.99. The zero-order valence-corrected chi connectivity index (χ0v) is 12.2. The number of aliphatic hydroxyl groups is 1. The lowest BCUT2D eigenvalue weighted by Gasteiger charge is -2.18. The van der Waals surface area contributed by atoms with Gasteiger partial charge >= 0.3 is 0 Å². The van der Waals surface area contributed by atoms with Crippen LogP contribution in [0.15, 0.2) is 35.7 Å². The summed E-state index contributed by atoms with van der Waals surface area (Å²) in [5.41, 5.74) is 2.83. The lowest BCUT2D eigenvalue weighted by molar-refractivity contribution is 0.304. The van der Waals surface area contributed by atoms with Crippen LogP contribution >= 0.6 is 11.3 Å². The van der Waals surface area contributed by atoms with Crippen molar-refractivity contribution < 1.29 is 5.11 Å². The topological polar surface area (TPSA) is 59.3 Å². The van der Waals surface area contributed by atoms with E-state index in [1.165, 1.54) is 0 Å². The maximum atomic E-state index is 8.91. The molecule has 0 saturated carbocycles. The fraction of sp³-hybridized carbons (Fsp3) is 0.267. The van der Waals surface area contributed by atoms with Crippen LogP contribution in [0.1, 0.15) is 10.4 Å². The number of thiophene rings is 1. The van der Waals surface area contributed by atoms with Crippen molar-refractivity contribution in [1.29, 1.82) is 5.26 Å². The SMILES string of the molecule is CN(CCO)c1ccc(NCc2cc(C#N)cs2)cc1. The Kier molecular flexibility index (Phi) is 4.99.